The lowest BCUT2D eigenvalue weighted by atomic mass is 10.0. The SMILES string of the molecule is CCC(=NOc1ccccc1C)c1cc(Cl)ccc1C(F)(F)F. The van der Waals surface area contributed by atoms with Crippen LogP contribution in [0.25, 0.3) is 0 Å². The second-order valence-electron chi connectivity index (χ2n) is 4.94. The largest absolute Gasteiger partial charge is 0.417 e. The van der Waals surface area contributed by atoms with Gasteiger partial charge in [-0.05, 0) is 43.2 Å². The van der Waals surface area contributed by atoms with Gasteiger partial charge in [-0.3, -0.25) is 0 Å². The van der Waals surface area contributed by atoms with Crippen LogP contribution >= 0.6 is 11.6 Å². The molecule has 0 saturated heterocycles. The molecule has 23 heavy (non-hydrogen) atoms. The van der Waals surface area contributed by atoms with E-state index in [0.717, 1.165) is 11.6 Å². The topological polar surface area (TPSA) is 21.6 Å². The number of alkyl halides is 3. The van der Waals surface area contributed by atoms with Gasteiger partial charge in [-0.2, -0.15) is 13.2 Å². The van der Waals surface area contributed by atoms with Crippen molar-refractivity contribution in [2.24, 2.45) is 5.16 Å². The Kier molecular flexibility index (Phi) is 5.31. The highest BCUT2D eigenvalue weighted by Gasteiger charge is 2.34. The number of oxime groups is 1. The first-order valence-corrected chi connectivity index (χ1v) is 7.37. The average molecular weight is 342 g/mol. The van der Waals surface area contributed by atoms with Crippen LogP contribution in [0.2, 0.25) is 5.02 Å². The van der Waals surface area contributed by atoms with Crippen molar-refractivity contribution >= 4 is 17.3 Å². The maximum absolute atomic E-state index is 13.2. The molecule has 0 aliphatic rings. The Hall–Kier alpha value is -2.01. The number of rotatable bonds is 4. The molecule has 2 nitrogen and oxygen atoms in total. The third-order valence-corrected chi connectivity index (χ3v) is 3.52. The van der Waals surface area contributed by atoms with Crippen molar-refractivity contribution in [1.29, 1.82) is 0 Å². The molecule has 0 aromatic heterocycles. The van der Waals surface area contributed by atoms with Crippen molar-refractivity contribution < 1.29 is 18.0 Å². The molecular weight excluding hydrogens is 327 g/mol. The first-order valence-electron chi connectivity index (χ1n) is 6.99. The molecule has 0 heterocycles. The summed E-state index contributed by atoms with van der Waals surface area (Å²) >= 11 is 5.85. The molecule has 2 aromatic carbocycles. The number of aryl methyl sites for hydroxylation is 1. The van der Waals surface area contributed by atoms with E-state index in [1.54, 1.807) is 19.1 Å². The van der Waals surface area contributed by atoms with E-state index in [2.05, 4.69) is 5.16 Å². The average Bonchev–Trinajstić information content (AvgIpc) is 2.48. The lowest BCUT2D eigenvalue weighted by Gasteiger charge is -2.14. The van der Waals surface area contributed by atoms with Crippen LogP contribution in [0.3, 0.4) is 0 Å². The summed E-state index contributed by atoms with van der Waals surface area (Å²) < 4.78 is 39.5. The molecule has 2 aromatic rings. The first-order chi connectivity index (χ1) is 10.8. The predicted molar refractivity (Wildman–Crippen MR) is 85.1 cm³/mol. The van der Waals surface area contributed by atoms with E-state index in [1.165, 1.54) is 12.1 Å². The van der Waals surface area contributed by atoms with Gasteiger partial charge in [-0.1, -0.05) is 41.9 Å². The summed E-state index contributed by atoms with van der Waals surface area (Å²) in [7, 11) is 0. The molecule has 0 aliphatic carbocycles. The van der Waals surface area contributed by atoms with E-state index >= 15 is 0 Å². The first kappa shape index (κ1) is 17.3. The third kappa shape index (κ3) is 4.26. The smallest absolute Gasteiger partial charge is 0.356 e. The van der Waals surface area contributed by atoms with E-state index in [1.807, 2.05) is 19.1 Å². The van der Waals surface area contributed by atoms with Crippen molar-refractivity contribution in [1.82, 2.24) is 0 Å². The summed E-state index contributed by atoms with van der Waals surface area (Å²) in [6.07, 6.45) is -4.21. The van der Waals surface area contributed by atoms with Gasteiger partial charge in [0, 0.05) is 10.6 Å². The zero-order valence-electron chi connectivity index (χ0n) is 12.6. The normalized spacial score (nSPS) is 12.3. The van der Waals surface area contributed by atoms with E-state index in [9.17, 15) is 13.2 Å². The fourth-order valence-corrected chi connectivity index (χ4v) is 2.24. The zero-order valence-corrected chi connectivity index (χ0v) is 13.4. The number of para-hydroxylation sites is 1. The fourth-order valence-electron chi connectivity index (χ4n) is 2.07. The maximum atomic E-state index is 13.2. The Morgan fingerprint density at radius 1 is 1.17 bits per heavy atom. The van der Waals surface area contributed by atoms with E-state index in [4.69, 9.17) is 16.4 Å². The summed E-state index contributed by atoms with van der Waals surface area (Å²) in [5.74, 6) is 0.494. The minimum atomic E-state index is -4.49. The Bertz CT molecular complexity index is 726. The molecule has 122 valence electrons. The van der Waals surface area contributed by atoms with Crippen LogP contribution in [-0.2, 0) is 6.18 Å². The Balaban J connectivity index is 2.43. The molecule has 0 fully saturated rings. The highest BCUT2D eigenvalue weighted by molar-refractivity contribution is 6.31. The van der Waals surface area contributed by atoms with E-state index < -0.39 is 11.7 Å². The molecule has 0 atom stereocenters. The number of halogens is 4. The van der Waals surface area contributed by atoms with Crippen molar-refractivity contribution in [2.45, 2.75) is 26.4 Å². The summed E-state index contributed by atoms with van der Waals surface area (Å²) in [6.45, 7) is 3.54. The van der Waals surface area contributed by atoms with Gasteiger partial charge in [-0.15, -0.1) is 0 Å². The van der Waals surface area contributed by atoms with Gasteiger partial charge in [0.25, 0.3) is 0 Å². The van der Waals surface area contributed by atoms with Crippen molar-refractivity contribution in [3.8, 4) is 5.75 Å². The second-order valence-corrected chi connectivity index (χ2v) is 5.37. The highest BCUT2D eigenvalue weighted by atomic mass is 35.5. The molecule has 0 bridgehead atoms. The van der Waals surface area contributed by atoms with Crippen LogP contribution in [-0.4, -0.2) is 5.71 Å². The summed E-state index contributed by atoms with van der Waals surface area (Å²) in [6, 6.07) is 10.6. The van der Waals surface area contributed by atoms with Crippen LogP contribution < -0.4 is 4.84 Å². The van der Waals surface area contributed by atoms with Gasteiger partial charge < -0.3 is 4.84 Å². The maximum Gasteiger partial charge on any atom is 0.417 e. The van der Waals surface area contributed by atoms with Gasteiger partial charge in [0.05, 0.1) is 11.3 Å². The van der Waals surface area contributed by atoms with Crippen LogP contribution in [0.15, 0.2) is 47.6 Å². The number of hydrogen-bond acceptors (Lipinski definition) is 2. The monoisotopic (exact) mass is 341 g/mol. The molecule has 2 rings (SSSR count). The molecule has 0 unspecified atom stereocenters. The lowest BCUT2D eigenvalue weighted by Crippen LogP contribution is -2.14. The molecule has 0 N–H and O–H groups in total. The molecule has 0 aliphatic heterocycles. The fraction of sp³-hybridized carbons (Fsp3) is 0.235. The van der Waals surface area contributed by atoms with E-state index in [0.29, 0.717) is 5.75 Å². The van der Waals surface area contributed by atoms with Gasteiger partial charge in [-0.25, -0.2) is 0 Å². The Morgan fingerprint density at radius 2 is 1.87 bits per heavy atom. The second kappa shape index (κ2) is 7.04. The molecular formula is C17H15ClF3NO. The predicted octanol–water partition coefficient (Wildman–Crippen LogP) is 5.86. The van der Waals surface area contributed by atoms with Gasteiger partial charge in [0.15, 0.2) is 5.75 Å². The molecule has 0 spiro atoms. The van der Waals surface area contributed by atoms with Gasteiger partial charge >= 0.3 is 6.18 Å². The lowest BCUT2D eigenvalue weighted by molar-refractivity contribution is -0.137. The Morgan fingerprint density at radius 3 is 2.48 bits per heavy atom. The van der Waals surface area contributed by atoms with Crippen LogP contribution in [0.5, 0.6) is 5.75 Å². The number of nitrogens with zero attached hydrogens (tertiary/aromatic N) is 1. The quantitative estimate of drug-likeness (QED) is 0.504. The standard InChI is InChI=1S/C17H15ClF3NO/c1-3-15(22-23-16-7-5-4-6-11(16)2)13-10-12(18)8-9-14(13)17(19,20)21/h4-10H,3H2,1-2H3. The Labute approximate surface area is 137 Å². The molecule has 0 saturated carbocycles. The highest BCUT2D eigenvalue weighted by Crippen LogP contribution is 2.34. The minimum absolute atomic E-state index is 0.0684. The van der Waals surface area contributed by atoms with Crippen LogP contribution in [0.1, 0.15) is 30.0 Å². The van der Waals surface area contributed by atoms with Crippen LogP contribution in [0, 0.1) is 6.92 Å². The van der Waals surface area contributed by atoms with Crippen molar-refractivity contribution in [2.75, 3.05) is 0 Å². The summed E-state index contributed by atoms with van der Waals surface area (Å²) in [5.41, 5.74) is 0.175. The minimum Gasteiger partial charge on any atom is -0.356 e. The third-order valence-electron chi connectivity index (χ3n) is 3.28. The number of hydrogen-bond donors (Lipinski definition) is 0. The van der Waals surface area contributed by atoms with E-state index in [-0.39, 0.29) is 22.7 Å². The van der Waals surface area contributed by atoms with Crippen molar-refractivity contribution in [3.63, 3.8) is 0 Å². The van der Waals surface area contributed by atoms with Gasteiger partial charge in [0.2, 0.25) is 0 Å². The van der Waals surface area contributed by atoms with Crippen molar-refractivity contribution in [3.05, 3.63) is 64.2 Å². The molecule has 6 heteroatoms. The molecule has 0 radical (unpaired) electrons. The number of benzene rings is 2. The summed E-state index contributed by atoms with van der Waals surface area (Å²) in [4.78, 5) is 5.33. The summed E-state index contributed by atoms with van der Waals surface area (Å²) in [5, 5.41) is 4.13. The van der Waals surface area contributed by atoms with Crippen LogP contribution in [0.4, 0.5) is 13.2 Å². The molecule has 0 amide bonds. The van der Waals surface area contributed by atoms with Gasteiger partial charge in [0.1, 0.15) is 0 Å². The zero-order chi connectivity index (χ0) is 17.0.